The fraction of sp³-hybridized carbons (Fsp3) is 0.429. The van der Waals surface area contributed by atoms with Crippen molar-refractivity contribution in [3.63, 3.8) is 0 Å². The number of urea groups is 1. The van der Waals surface area contributed by atoms with Crippen LogP contribution >= 0.6 is 15.9 Å². The van der Waals surface area contributed by atoms with Gasteiger partial charge in [-0.05, 0) is 18.6 Å². The van der Waals surface area contributed by atoms with Crippen molar-refractivity contribution >= 4 is 27.9 Å². The largest absolute Gasteiger partial charge is 0.338 e. The minimum atomic E-state index is -0.423. The van der Waals surface area contributed by atoms with E-state index in [1.54, 1.807) is 0 Å². The fourth-order valence-electron chi connectivity index (χ4n) is 1.74. The van der Waals surface area contributed by atoms with Gasteiger partial charge >= 0.3 is 6.03 Å². The van der Waals surface area contributed by atoms with E-state index >= 15 is 0 Å². The molecule has 0 aliphatic carbocycles. The molecule has 3 amide bonds. The highest BCUT2D eigenvalue weighted by atomic mass is 79.9. The second-order valence-corrected chi connectivity index (χ2v) is 5.66. The van der Waals surface area contributed by atoms with Gasteiger partial charge in [0.2, 0.25) is 0 Å². The predicted octanol–water partition coefficient (Wildman–Crippen LogP) is 0.700. The Morgan fingerprint density at radius 2 is 1.90 bits per heavy atom. The summed E-state index contributed by atoms with van der Waals surface area (Å²) in [5.41, 5.74) is 1.15. The summed E-state index contributed by atoms with van der Waals surface area (Å²) in [5, 5.41) is 4.93. The van der Waals surface area contributed by atoms with Crippen LogP contribution in [0.15, 0.2) is 28.7 Å². The summed E-state index contributed by atoms with van der Waals surface area (Å²) in [6.45, 7) is 3.52. The molecule has 1 aromatic rings. The van der Waals surface area contributed by atoms with Crippen molar-refractivity contribution in [1.29, 1.82) is 0 Å². The number of likely N-dealkylation sites (N-methyl/N-ethyl adjacent to an activating group) is 1. The maximum atomic E-state index is 11.7. The molecule has 0 radical (unpaired) electrons. The van der Waals surface area contributed by atoms with Gasteiger partial charge in [0.05, 0.1) is 7.05 Å². The Balaban J connectivity index is 2.34. The van der Waals surface area contributed by atoms with E-state index in [9.17, 15) is 9.59 Å². The van der Waals surface area contributed by atoms with E-state index < -0.39 is 6.03 Å². The molecule has 110 valence electrons. The van der Waals surface area contributed by atoms with Crippen LogP contribution in [-0.2, 0) is 11.3 Å². The standard InChI is InChI=1S/C14H20BrN3O2/c1-3-8-16-14(20)17-13(19)10-18(2)9-11-4-6-12(15)7-5-11/h4-7H,3,8-10H2,1-2H3,(H2,16,17,19,20)/p+1. The Bertz CT molecular complexity index is 448. The van der Waals surface area contributed by atoms with Gasteiger partial charge in [-0.2, -0.15) is 0 Å². The lowest BCUT2D eigenvalue weighted by Gasteiger charge is -2.13. The number of quaternary nitrogens is 1. The van der Waals surface area contributed by atoms with Gasteiger partial charge in [-0.1, -0.05) is 35.0 Å². The average molecular weight is 343 g/mol. The summed E-state index contributed by atoms with van der Waals surface area (Å²) >= 11 is 3.38. The molecule has 0 aromatic heterocycles. The molecule has 1 aromatic carbocycles. The first-order chi connectivity index (χ1) is 9.51. The zero-order valence-corrected chi connectivity index (χ0v) is 13.4. The summed E-state index contributed by atoms with van der Waals surface area (Å²) in [7, 11) is 1.92. The minimum Gasteiger partial charge on any atom is -0.338 e. The lowest BCUT2D eigenvalue weighted by molar-refractivity contribution is -0.885. The Kier molecular flexibility index (Phi) is 7.25. The van der Waals surface area contributed by atoms with E-state index in [1.807, 2.05) is 38.2 Å². The highest BCUT2D eigenvalue weighted by Gasteiger charge is 2.13. The maximum absolute atomic E-state index is 11.7. The summed E-state index contributed by atoms with van der Waals surface area (Å²) in [6, 6.07) is 7.55. The SMILES string of the molecule is CCCNC(=O)NC(=O)C[NH+](C)Cc1ccc(Br)cc1. The van der Waals surface area contributed by atoms with E-state index in [-0.39, 0.29) is 12.5 Å². The number of amides is 3. The number of rotatable bonds is 6. The van der Waals surface area contributed by atoms with Crippen LogP contribution in [-0.4, -0.2) is 32.1 Å². The Morgan fingerprint density at radius 3 is 2.50 bits per heavy atom. The number of benzene rings is 1. The zero-order valence-electron chi connectivity index (χ0n) is 11.8. The molecule has 0 fully saturated rings. The van der Waals surface area contributed by atoms with Crippen LogP contribution in [0.5, 0.6) is 0 Å². The summed E-state index contributed by atoms with van der Waals surface area (Å²) in [5.74, 6) is -0.270. The van der Waals surface area contributed by atoms with Crippen LogP contribution in [0.25, 0.3) is 0 Å². The van der Waals surface area contributed by atoms with Gasteiger partial charge in [0.25, 0.3) is 5.91 Å². The maximum Gasteiger partial charge on any atom is 0.321 e. The summed E-state index contributed by atoms with van der Waals surface area (Å²) < 4.78 is 1.03. The zero-order chi connectivity index (χ0) is 15.0. The number of hydrogen-bond donors (Lipinski definition) is 3. The van der Waals surface area contributed by atoms with Gasteiger partial charge < -0.3 is 10.2 Å². The Labute approximate surface area is 127 Å². The molecule has 0 saturated heterocycles. The quantitative estimate of drug-likeness (QED) is 0.712. The fourth-order valence-corrected chi connectivity index (χ4v) is 2.01. The van der Waals surface area contributed by atoms with Crippen molar-refractivity contribution in [2.75, 3.05) is 20.1 Å². The molecule has 20 heavy (non-hydrogen) atoms. The molecule has 0 saturated carbocycles. The van der Waals surface area contributed by atoms with Crippen LogP contribution in [0.1, 0.15) is 18.9 Å². The summed E-state index contributed by atoms with van der Waals surface area (Å²) in [4.78, 5) is 24.0. The first kappa shape index (κ1) is 16.7. The third-order valence-corrected chi connectivity index (χ3v) is 3.20. The number of nitrogens with one attached hydrogen (secondary N) is 3. The Hall–Kier alpha value is -1.40. The molecule has 0 spiro atoms. The Morgan fingerprint density at radius 1 is 1.25 bits per heavy atom. The minimum absolute atomic E-state index is 0.260. The average Bonchev–Trinajstić information content (AvgIpc) is 2.38. The van der Waals surface area contributed by atoms with Crippen molar-refractivity contribution < 1.29 is 14.5 Å². The molecular weight excluding hydrogens is 322 g/mol. The van der Waals surface area contributed by atoms with Crippen LogP contribution in [0.3, 0.4) is 0 Å². The van der Waals surface area contributed by atoms with Crippen LogP contribution in [0, 0.1) is 0 Å². The van der Waals surface area contributed by atoms with Gasteiger partial charge in [0.15, 0.2) is 6.54 Å². The van der Waals surface area contributed by atoms with Crippen molar-refractivity contribution in [1.82, 2.24) is 10.6 Å². The van der Waals surface area contributed by atoms with Gasteiger partial charge in [-0.25, -0.2) is 4.79 Å². The predicted molar refractivity (Wildman–Crippen MR) is 81.4 cm³/mol. The third-order valence-electron chi connectivity index (χ3n) is 2.67. The number of carbonyl (C=O) groups excluding carboxylic acids is 2. The molecule has 0 bridgehead atoms. The van der Waals surface area contributed by atoms with Crippen LogP contribution < -0.4 is 15.5 Å². The van der Waals surface area contributed by atoms with E-state index in [0.29, 0.717) is 6.54 Å². The van der Waals surface area contributed by atoms with Crippen LogP contribution in [0.4, 0.5) is 4.79 Å². The highest BCUT2D eigenvalue weighted by Crippen LogP contribution is 2.09. The van der Waals surface area contributed by atoms with Gasteiger partial charge in [-0.3, -0.25) is 10.1 Å². The number of imide groups is 1. The van der Waals surface area contributed by atoms with E-state index in [2.05, 4.69) is 26.6 Å². The van der Waals surface area contributed by atoms with E-state index in [0.717, 1.165) is 27.9 Å². The normalized spacial score (nSPS) is 11.8. The molecule has 5 nitrogen and oxygen atoms in total. The number of carbonyl (C=O) groups is 2. The second kappa shape index (κ2) is 8.71. The first-order valence-electron chi connectivity index (χ1n) is 6.64. The molecule has 6 heteroatoms. The molecule has 0 heterocycles. The molecule has 0 aliphatic rings. The number of halogens is 1. The van der Waals surface area contributed by atoms with Gasteiger partial charge in [-0.15, -0.1) is 0 Å². The van der Waals surface area contributed by atoms with Crippen molar-refractivity contribution in [3.05, 3.63) is 34.3 Å². The smallest absolute Gasteiger partial charge is 0.321 e. The van der Waals surface area contributed by atoms with Gasteiger partial charge in [0.1, 0.15) is 6.54 Å². The topological polar surface area (TPSA) is 62.6 Å². The molecule has 0 aliphatic heterocycles. The third kappa shape index (κ3) is 6.68. The van der Waals surface area contributed by atoms with E-state index in [4.69, 9.17) is 0 Å². The number of hydrogen-bond acceptors (Lipinski definition) is 2. The monoisotopic (exact) mass is 342 g/mol. The van der Waals surface area contributed by atoms with Gasteiger partial charge in [0, 0.05) is 16.6 Å². The van der Waals surface area contributed by atoms with Crippen molar-refractivity contribution in [2.45, 2.75) is 19.9 Å². The van der Waals surface area contributed by atoms with Crippen molar-refractivity contribution in [2.24, 2.45) is 0 Å². The van der Waals surface area contributed by atoms with E-state index in [1.165, 1.54) is 0 Å². The lowest BCUT2D eigenvalue weighted by Crippen LogP contribution is -3.09. The molecule has 1 unspecified atom stereocenters. The van der Waals surface area contributed by atoms with Crippen molar-refractivity contribution in [3.8, 4) is 0 Å². The molecule has 1 rings (SSSR count). The first-order valence-corrected chi connectivity index (χ1v) is 7.44. The van der Waals surface area contributed by atoms with Crippen LogP contribution in [0.2, 0.25) is 0 Å². The highest BCUT2D eigenvalue weighted by molar-refractivity contribution is 9.10. The molecule has 1 atom stereocenters. The molecular formula is C14H21BrN3O2+. The second-order valence-electron chi connectivity index (χ2n) is 4.74. The summed E-state index contributed by atoms with van der Waals surface area (Å²) in [6.07, 6.45) is 0.844. The molecule has 3 N–H and O–H groups in total. The lowest BCUT2D eigenvalue weighted by atomic mass is 10.2.